The molecule has 3 N–H and O–H groups in total. The molecule has 3 aromatic rings. The average Bonchev–Trinajstić information content (AvgIpc) is 2.92. The fourth-order valence-electron chi connectivity index (χ4n) is 2.39. The SMILES string of the molecule is COc1ccc2[nH]cc(C(=O)c3ccc(N)c(C)c3)c2c1. The van der Waals surface area contributed by atoms with E-state index in [0.717, 1.165) is 22.2 Å². The molecule has 0 atom stereocenters. The highest BCUT2D eigenvalue weighted by Gasteiger charge is 2.15. The molecule has 0 aliphatic rings. The van der Waals surface area contributed by atoms with E-state index in [-0.39, 0.29) is 5.78 Å². The third kappa shape index (κ3) is 2.25. The maximum Gasteiger partial charge on any atom is 0.195 e. The number of carbonyl (C=O) groups excluding carboxylic acids is 1. The average molecular weight is 280 g/mol. The summed E-state index contributed by atoms with van der Waals surface area (Å²) in [4.78, 5) is 15.8. The van der Waals surface area contributed by atoms with Gasteiger partial charge in [-0.3, -0.25) is 4.79 Å². The van der Waals surface area contributed by atoms with E-state index in [1.54, 1.807) is 25.4 Å². The van der Waals surface area contributed by atoms with Crippen molar-refractivity contribution in [1.29, 1.82) is 0 Å². The van der Waals surface area contributed by atoms with Gasteiger partial charge in [-0.15, -0.1) is 0 Å². The number of nitrogen functional groups attached to an aromatic ring is 1. The normalized spacial score (nSPS) is 10.8. The highest BCUT2D eigenvalue weighted by Crippen LogP contribution is 2.26. The quantitative estimate of drug-likeness (QED) is 0.571. The van der Waals surface area contributed by atoms with E-state index in [0.29, 0.717) is 16.8 Å². The molecule has 1 heterocycles. The van der Waals surface area contributed by atoms with Crippen LogP contribution in [0, 0.1) is 6.92 Å². The molecule has 0 aliphatic heterocycles. The Kier molecular flexibility index (Phi) is 3.14. The van der Waals surface area contributed by atoms with Crippen molar-refractivity contribution < 1.29 is 9.53 Å². The van der Waals surface area contributed by atoms with Crippen LogP contribution in [0.1, 0.15) is 21.5 Å². The van der Waals surface area contributed by atoms with E-state index in [1.807, 2.05) is 31.2 Å². The van der Waals surface area contributed by atoms with E-state index in [4.69, 9.17) is 10.5 Å². The number of rotatable bonds is 3. The van der Waals surface area contributed by atoms with Crippen molar-refractivity contribution >= 4 is 22.4 Å². The van der Waals surface area contributed by atoms with Crippen LogP contribution in [0.2, 0.25) is 0 Å². The molecule has 3 rings (SSSR count). The fraction of sp³-hybridized carbons (Fsp3) is 0.118. The van der Waals surface area contributed by atoms with E-state index in [1.165, 1.54) is 0 Å². The van der Waals surface area contributed by atoms with Gasteiger partial charge in [-0.2, -0.15) is 0 Å². The molecule has 1 aromatic heterocycles. The number of ether oxygens (including phenoxy) is 1. The second-order valence-corrected chi connectivity index (χ2v) is 5.01. The largest absolute Gasteiger partial charge is 0.497 e. The fourth-order valence-corrected chi connectivity index (χ4v) is 2.39. The zero-order valence-corrected chi connectivity index (χ0v) is 11.9. The number of nitrogens with one attached hydrogen (secondary N) is 1. The third-order valence-corrected chi connectivity index (χ3v) is 3.67. The number of fused-ring (bicyclic) bond motifs is 1. The Morgan fingerprint density at radius 2 is 2.00 bits per heavy atom. The van der Waals surface area contributed by atoms with Gasteiger partial charge >= 0.3 is 0 Å². The number of H-pyrrole nitrogens is 1. The van der Waals surface area contributed by atoms with Crippen molar-refractivity contribution in [2.45, 2.75) is 6.92 Å². The lowest BCUT2D eigenvalue weighted by atomic mass is 10.0. The molecule has 21 heavy (non-hydrogen) atoms. The molecule has 0 saturated heterocycles. The van der Waals surface area contributed by atoms with Crippen LogP contribution in [-0.4, -0.2) is 17.9 Å². The summed E-state index contributed by atoms with van der Waals surface area (Å²) in [5.74, 6) is 0.697. The van der Waals surface area contributed by atoms with E-state index < -0.39 is 0 Å². The number of benzene rings is 2. The Morgan fingerprint density at radius 1 is 1.19 bits per heavy atom. The molecule has 106 valence electrons. The molecular weight excluding hydrogens is 264 g/mol. The van der Waals surface area contributed by atoms with Gasteiger partial charge in [-0.1, -0.05) is 0 Å². The van der Waals surface area contributed by atoms with Crippen molar-refractivity contribution in [1.82, 2.24) is 4.98 Å². The van der Waals surface area contributed by atoms with Crippen LogP contribution in [0.4, 0.5) is 5.69 Å². The third-order valence-electron chi connectivity index (χ3n) is 3.67. The number of methoxy groups -OCH3 is 1. The standard InChI is InChI=1S/C17H16N2O2/c1-10-7-11(3-5-15(10)18)17(20)14-9-19-16-6-4-12(21-2)8-13(14)16/h3-9,19H,18H2,1-2H3. The minimum Gasteiger partial charge on any atom is -0.497 e. The van der Waals surface area contributed by atoms with Crippen molar-refractivity contribution in [3.8, 4) is 5.75 Å². The summed E-state index contributed by atoms with van der Waals surface area (Å²) in [5, 5.41) is 0.855. The minimum absolute atomic E-state index is 0.0300. The number of ketones is 1. The smallest absolute Gasteiger partial charge is 0.195 e. The Labute approximate surface area is 122 Å². The van der Waals surface area contributed by atoms with Gasteiger partial charge < -0.3 is 15.5 Å². The summed E-state index contributed by atoms with van der Waals surface area (Å²) in [7, 11) is 1.61. The first kappa shape index (κ1) is 13.2. The lowest BCUT2D eigenvalue weighted by molar-refractivity contribution is 0.104. The molecule has 0 spiro atoms. The second-order valence-electron chi connectivity index (χ2n) is 5.01. The van der Waals surface area contributed by atoms with Gasteiger partial charge in [0, 0.05) is 33.9 Å². The van der Waals surface area contributed by atoms with Crippen molar-refractivity contribution in [3.63, 3.8) is 0 Å². The first-order valence-electron chi connectivity index (χ1n) is 6.66. The summed E-state index contributed by atoms with van der Waals surface area (Å²) in [5.41, 5.74) is 9.56. The molecule has 0 unspecified atom stereocenters. The van der Waals surface area contributed by atoms with Crippen LogP contribution in [-0.2, 0) is 0 Å². The second kappa shape index (κ2) is 4.98. The van der Waals surface area contributed by atoms with Crippen LogP contribution in [0.25, 0.3) is 10.9 Å². The molecule has 0 radical (unpaired) electrons. The number of anilines is 1. The zero-order chi connectivity index (χ0) is 15.0. The van der Waals surface area contributed by atoms with Gasteiger partial charge in [0.25, 0.3) is 0 Å². The van der Waals surface area contributed by atoms with Crippen molar-refractivity contribution in [2.24, 2.45) is 0 Å². The summed E-state index contributed by atoms with van der Waals surface area (Å²) >= 11 is 0. The molecule has 4 heteroatoms. The van der Waals surface area contributed by atoms with Gasteiger partial charge in [0.05, 0.1) is 7.11 Å². The molecule has 0 amide bonds. The minimum atomic E-state index is -0.0300. The van der Waals surface area contributed by atoms with Gasteiger partial charge in [-0.05, 0) is 48.9 Å². The first-order chi connectivity index (χ1) is 10.1. The van der Waals surface area contributed by atoms with Gasteiger partial charge in [0.15, 0.2) is 5.78 Å². The maximum atomic E-state index is 12.7. The highest BCUT2D eigenvalue weighted by molar-refractivity contribution is 6.16. The number of aryl methyl sites for hydroxylation is 1. The Bertz CT molecular complexity index is 834. The number of hydrogen-bond donors (Lipinski definition) is 2. The topological polar surface area (TPSA) is 68.1 Å². The van der Waals surface area contributed by atoms with E-state index in [9.17, 15) is 4.79 Å². The molecule has 0 saturated carbocycles. The van der Waals surface area contributed by atoms with Crippen LogP contribution < -0.4 is 10.5 Å². The van der Waals surface area contributed by atoms with Gasteiger partial charge in [0.2, 0.25) is 0 Å². The number of aromatic nitrogens is 1. The van der Waals surface area contributed by atoms with Gasteiger partial charge in [0.1, 0.15) is 5.75 Å². The number of carbonyl (C=O) groups is 1. The molecule has 0 bridgehead atoms. The molecule has 4 nitrogen and oxygen atoms in total. The number of nitrogens with two attached hydrogens (primary N) is 1. The zero-order valence-electron chi connectivity index (χ0n) is 11.9. The maximum absolute atomic E-state index is 12.7. The van der Waals surface area contributed by atoms with Crippen molar-refractivity contribution in [2.75, 3.05) is 12.8 Å². The van der Waals surface area contributed by atoms with Crippen LogP contribution in [0.5, 0.6) is 5.75 Å². The molecule has 2 aromatic carbocycles. The molecule has 0 fully saturated rings. The Balaban J connectivity index is 2.10. The van der Waals surface area contributed by atoms with Crippen LogP contribution >= 0.6 is 0 Å². The predicted octanol–water partition coefficient (Wildman–Crippen LogP) is 3.30. The summed E-state index contributed by atoms with van der Waals surface area (Å²) in [6.45, 7) is 1.89. The highest BCUT2D eigenvalue weighted by atomic mass is 16.5. The molecular formula is C17H16N2O2. The summed E-state index contributed by atoms with van der Waals surface area (Å²) in [6, 6.07) is 11.0. The predicted molar refractivity (Wildman–Crippen MR) is 83.9 cm³/mol. The summed E-state index contributed by atoms with van der Waals surface area (Å²) < 4.78 is 5.23. The lowest BCUT2D eigenvalue weighted by Crippen LogP contribution is -2.02. The van der Waals surface area contributed by atoms with Crippen LogP contribution in [0.3, 0.4) is 0 Å². The Hall–Kier alpha value is -2.75. The lowest BCUT2D eigenvalue weighted by Gasteiger charge is -2.05. The number of hydrogen-bond acceptors (Lipinski definition) is 3. The Morgan fingerprint density at radius 3 is 2.71 bits per heavy atom. The van der Waals surface area contributed by atoms with E-state index >= 15 is 0 Å². The van der Waals surface area contributed by atoms with Crippen LogP contribution in [0.15, 0.2) is 42.6 Å². The van der Waals surface area contributed by atoms with Crippen molar-refractivity contribution in [3.05, 3.63) is 59.3 Å². The van der Waals surface area contributed by atoms with E-state index in [2.05, 4.69) is 4.98 Å². The van der Waals surface area contributed by atoms with Gasteiger partial charge in [-0.25, -0.2) is 0 Å². The molecule has 0 aliphatic carbocycles. The number of aromatic amines is 1. The first-order valence-corrected chi connectivity index (χ1v) is 6.66. The summed E-state index contributed by atoms with van der Waals surface area (Å²) in [6.07, 6.45) is 1.73. The monoisotopic (exact) mass is 280 g/mol.